The van der Waals surface area contributed by atoms with Crippen LogP contribution in [-0.4, -0.2) is 73.3 Å². The van der Waals surface area contributed by atoms with E-state index in [4.69, 9.17) is 0 Å². The minimum Gasteiger partial charge on any atom is -0.395 e. The SMILES string of the molecule is C=CCNC(=O)c1cnc(Nc2ccc3c(ccn3C3CCN(CCO)CC3)c2)nc1Nc1cccc(C(C)(C)O)n1. The van der Waals surface area contributed by atoms with Crippen molar-refractivity contribution < 1.29 is 15.0 Å². The lowest BCUT2D eigenvalue weighted by Gasteiger charge is -2.32. The van der Waals surface area contributed by atoms with Crippen molar-refractivity contribution in [2.24, 2.45) is 0 Å². The summed E-state index contributed by atoms with van der Waals surface area (Å²) in [6, 6.07) is 13.9. The van der Waals surface area contributed by atoms with E-state index in [-0.39, 0.29) is 23.9 Å². The Hall–Kier alpha value is -4.32. The van der Waals surface area contributed by atoms with Crippen LogP contribution in [0.15, 0.2) is 67.5 Å². The number of anilines is 4. The van der Waals surface area contributed by atoms with Gasteiger partial charge in [0.25, 0.3) is 5.91 Å². The fourth-order valence-corrected chi connectivity index (χ4v) is 5.18. The quantitative estimate of drug-likeness (QED) is 0.169. The van der Waals surface area contributed by atoms with Gasteiger partial charge >= 0.3 is 0 Å². The van der Waals surface area contributed by atoms with Crippen LogP contribution in [0.4, 0.5) is 23.3 Å². The third kappa shape index (κ3) is 6.76. The van der Waals surface area contributed by atoms with E-state index in [0.29, 0.717) is 30.0 Å². The number of likely N-dealkylation sites (tertiary alicyclic amines) is 1. The first-order valence-corrected chi connectivity index (χ1v) is 14.2. The van der Waals surface area contributed by atoms with E-state index >= 15 is 0 Å². The molecule has 5 rings (SSSR count). The van der Waals surface area contributed by atoms with Crippen molar-refractivity contribution in [1.29, 1.82) is 0 Å². The lowest BCUT2D eigenvalue weighted by molar-refractivity contribution is 0.0740. The minimum atomic E-state index is -1.13. The van der Waals surface area contributed by atoms with E-state index in [1.54, 1.807) is 38.1 Å². The number of aromatic nitrogens is 4. The van der Waals surface area contributed by atoms with E-state index in [9.17, 15) is 15.0 Å². The van der Waals surface area contributed by atoms with Crippen molar-refractivity contribution in [2.45, 2.75) is 38.3 Å². The molecule has 11 heteroatoms. The highest BCUT2D eigenvalue weighted by Crippen LogP contribution is 2.30. The normalized spacial score (nSPS) is 14.6. The number of aliphatic hydroxyl groups excluding tert-OH is 1. The topological polar surface area (TPSA) is 140 Å². The molecule has 42 heavy (non-hydrogen) atoms. The molecule has 0 atom stereocenters. The average molecular weight is 571 g/mol. The Morgan fingerprint density at radius 1 is 1.14 bits per heavy atom. The molecule has 0 spiro atoms. The Morgan fingerprint density at radius 3 is 2.69 bits per heavy atom. The Morgan fingerprint density at radius 2 is 1.95 bits per heavy atom. The summed E-state index contributed by atoms with van der Waals surface area (Å²) in [5.41, 5.74) is 1.57. The van der Waals surface area contributed by atoms with Gasteiger partial charge in [-0.25, -0.2) is 9.97 Å². The molecule has 1 aliphatic heterocycles. The molecule has 1 aromatic carbocycles. The monoisotopic (exact) mass is 570 g/mol. The molecule has 0 radical (unpaired) electrons. The van der Waals surface area contributed by atoms with Gasteiger partial charge < -0.3 is 35.6 Å². The molecule has 0 aliphatic carbocycles. The molecular weight excluding hydrogens is 532 g/mol. The number of piperidine rings is 1. The number of hydrogen-bond acceptors (Lipinski definition) is 9. The minimum absolute atomic E-state index is 0.200. The van der Waals surface area contributed by atoms with Crippen LogP contribution in [0.2, 0.25) is 0 Å². The van der Waals surface area contributed by atoms with Crippen LogP contribution in [0.25, 0.3) is 10.9 Å². The van der Waals surface area contributed by atoms with Gasteiger partial charge in [-0.3, -0.25) is 4.79 Å². The number of nitrogens with zero attached hydrogens (tertiary/aromatic N) is 5. The van der Waals surface area contributed by atoms with Crippen molar-refractivity contribution in [3.8, 4) is 0 Å². The van der Waals surface area contributed by atoms with Crippen LogP contribution >= 0.6 is 0 Å². The zero-order valence-corrected chi connectivity index (χ0v) is 24.0. The maximum Gasteiger partial charge on any atom is 0.256 e. The molecule has 1 aliphatic rings. The summed E-state index contributed by atoms with van der Waals surface area (Å²) in [5, 5.41) is 29.9. The van der Waals surface area contributed by atoms with E-state index in [1.807, 2.05) is 6.07 Å². The second kappa shape index (κ2) is 12.7. The number of hydrogen-bond donors (Lipinski definition) is 5. The standard InChI is InChI=1S/C31H38N8O3/c1-4-13-32-29(41)24-20-33-30(37-28(24)36-27-7-5-6-26(35-27)31(2,3)42)34-22-8-9-25-21(19-22)10-16-39(25)23-11-14-38(15-12-23)17-18-40/h4-10,16,19-20,23,40,42H,1,11-15,17-18H2,2-3H3,(H,32,41)(H2,33,34,35,36,37). The van der Waals surface area contributed by atoms with E-state index < -0.39 is 5.60 Å². The Balaban J connectivity index is 1.37. The van der Waals surface area contributed by atoms with Crippen molar-refractivity contribution in [3.63, 3.8) is 0 Å². The van der Waals surface area contributed by atoms with Gasteiger partial charge in [0.15, 0.2) is 0 Å². The number of aliphatic hydroxyl groups is 2. The summed E-state index contributed by atoms with van der Waals surface area (Å²) >= 11 is 0. The zero-order chi connectivity index (χ0) is 29.7. The fourth-order valence-electron chi connectivity index (χ4n) is 5.18. The zero-order valence-electron chi connectivity index (χ0n) is 24.0. The average Bonchev–Trinajstić information content (AvgIpc) is 3.40. The van der Waals surface area contributed by atoms with Crippen LogP contribution in [-0.2, 0) is 5.60 Å². The molecular formula is C31H38N8O3. The third-order valence-corrected chi connectivity index (χ3v) is 7.41. The Labute approximate surface area is 245 Å². The van der Waals surface area contributed by atoms with Crippen LogP contribution < -0.4 is 16.0 Å². The largest absolute Gasteiger partial charge is 0.395 e. The number of pyridine rings is 1. The van der Waals surface area contributed by atoms with E-state index in [2.05, 4.69) is 71.3 Å². The molecule has 11 nitrogen and oxygen atoms in total. The number of nitrogens with one attached hydrogen (secondary N) is 3. The molecule has 0 saturated carbocycles. The van der Waals surface area contributed by atoms with Crippen LogP contribution in [0.5, 0.6) is 0 Å². The number of amides is 1. The van der Waals surface area contributed by atoms with Gasteiger partial charge in [0, 0.05) is 61.2 Å². The summed E-state index contributed by atoms with van der Waals surface area (Å²) in [6.07, 6.45) is 7.31. The van der Waals surface area contributed by atoms with Gasteiger partial charge in [-0.05, 0) is 63.1 Å². The highest BCUT2D eigenvalue weighted by Gasteiger charge is 2.22. The van der Waals surface area contributed by atoms with Gasteiger partial charge in [-0.2, -0.15) is 4.98 Å². The van der Waals surface area contributed by atoms with Gasteiger partial charge in [0.05, 0.1) is 12.3 Å². The summed E-state index contributed by atoms with van der Waals surface area (Å²) in [4.78, 5) is 28.7. The molecule has 5 N–H and O–H groups in total. The van der Waals surface area contributed by atoms with E-state index in [0.717, 1.165) is 49.1 Å². The molecule has 0 unspecified atom stereocenters. The summed E-state index contributed by atoms with van der Waals surface area (Å²) < 4.78 is 2.35. The molecule has 1 fully saturated rings. The first-order valence-electron chi connectivity index (χ1n) is 14.2. The second-order valence-electron chi connectivity index (χ2n) is 11.0. The maximum absolute atomic E-state index is 12.9. The van der Waals surface area contributed by atoms with Crippen molar-refractivity contribution in [1.82, 2.24) is 29.7 Å². The smallest absolute Gasteiger partial charge is 0.256 e. The number of rotatable bonds is 11. The second-order valence-corrected chi connectivity index (χ2v) is 11.0. The highest BCUT2D eigenvalue weighted by atomic mass is 16.3. The summed E-state index contributed by atoms with van der Waals surface area (Å²) in [5.74, 6) is 0.662. The summed E-state index contributed by atoms with van der Waals surface area (Å²) in [6.45, 7) is 10.2. The molecule has 4 heterocycles. The maximum atomic E-state index is 12.9. The number of fused-ring (bicyclic) bond motifs is 1. The van der Waals surface area contributed by atoms with Gasteiger partial charge in [0.2, 0.25) is 5.95 Å². The first-order chi connectivity index (χ1) is 20.2. The lowest BCUT2D eigenvalue weighted by Crippen LogP contribution is -2.36. The Bertz CT molecular complexity index is 1550. The van der Waals surface area contributed by atoms with Gasteiger partial charge in [-0.15, -0.1) is 6.58 Å². The predicted molar refractivity (Wildman–Crippen MR) is 164 cm³/mol. The van der Waals surface area contributed by atoms with E-state index in [1.165, 1.54) is 6.20 Å². The van der Waals surface area contributed by atoms with Crippen LogP contribution in [0, 0.1) is 0 Å². The van der Waals surface area contributed by atoms with Gasteiger partial charge in [-0.1, -0.05) is 12.1 Å². The fraction of sp³-hybridized carbons (Fsp3) is 0.355. The molecule has 1 saturated heterocycles. The molecule has 220 valence electrons. The van der Waals surface area contributed by atoms with Crippen LogP contribution in [0.1, 0.15) is 48.8 Å². The molecule has 4 aromatic rings. The number of carbonyl (C=O) groups excluding carboxylic acids is 1. The third-order valence-electron chi connectivity index (χ3n) is 7.41. The summed E-state index contributed by atoms with van der Waals surface area (Å²) in [7, 11) is 0. The number of β-amino-alcohol motifs (C(OH)–C–C–N with tert-alkyl or cyclic N) is 1. The van der Waals surface area contributed by atoms with Crippen molar-refractivity contribution in [2.75, 3.05) is 43.4 Å². The lowest BCUT2D eigenvalue weighted by atomic mass is 10.0. The molecule has 3 aromatic heterocycles. The van der Waals surface area contributed by atoms with Crippen molar-refractivity contribution >= 4 is 40.1 Å². The molecule has 1 amide bonds. The van der Waals surface area contributed by atoms with Gasteiger partial charge in [0.1, 0.15) is 22.8 Å². The predicted octanol–water partition coefficient (Wildman–Crippen LogP) is 4.09. The number of carbonyl (C=O) groups is 1. The highest BCUT2D eigenvalue weighted by molar-refractivity contribution is 5.99. The number of benzene rings is 1. The first kappa shape index (κ1) is 29.2. The Kier molecular flexibility index (Phi) is 8.81. The van der Waals surface area contributed by atoms with Crippen molar-refractivity contribution in [3.05, 3.63) is 78.8 Å². The van der Waals surface area contributed by atoms with Crippen LogP contribution in [0.3, 0.4) is 0 Å². The molecule has 0 bridgehead atoms.